The summed E-state index contributed by atoms with van der Waals surface area (Å²) in [4.78, 5) is 21.9. The summed E-state index contributed by atoms with van der Waals surface area (Å²) in [6.07, 6.45) is 1.16. The van der Waals surface area contributed by atoms with E-state index in [0.717, 1.165) is 33.9 Å². The van der Waals surface area contributed by atoms with Crippen LogP contribution in [0.2, 0.25) is 0 Å². The molecular formula is C26H22O4. The third kappa shape index (κ3) is 4.55. The van der Waals surface area contributed by atoms with Crippen LogP contribution >= 0.6 is 0 Å². The summed E-state index contributed by atoms with van der Waals surface area (Å²) in [7, 11) is 0. The van der Waals surface area contributed by atoms with Crippen LogP contribution in [0.3, 0.4) is 0 Å². The fourth-order valence-corrected chi connectivity index (χ4v) is 3.44. The molecule has 0 spiro atoms. The standard InChI is InChI=1S/C16H12O2.C10H10O2/c1-10(16(17)18)15-13-8-4-2-6-11(13)12-7-3-5-9-14(12)15;1-2-10(11)12-8-9-6-4-3-5-7-9/h2-9,15H,1H2,(H,17,18);2-7H,1,8H2. The van der Waals surface area contributed by atoms with Crippen LogP contribution in [-0.4, -0.2) is 17.0 Å². The summed E-state index contributed by atoms with van der Waals surface area (Å²) in [5, 5.41) is 9.19. The van der Waals surface area contributed by atoms with Crippen molar-refractivity contribution in [3.63, 3.8) is 0 Å². The van der Waals surface area contributed by atoms with Gasteiger partial charge in [-0.05, 0) is 27.8 Å². The highest BCUT2D eigenvalue weighted by molar-refractivity contribution is 5.93. The summed E-state index contributed by atoms with van der Waals surface area (Å²) in [6.45, 7) is 7.34. The van der Waals surface area contributed by atoms with Crippen LogP contribution in [0.25, 0.3) is 11.1 Å². The van der Waals surface area contributed by atoms with Crippen LogP contribution in [0.15, 0.2) is 104 Å². The number of carboxylic acids is 1. The van der Waals surface area contributed by atoms with E-state index in [1.807, 2.05) is 78.9 Å². The topological polar surface area (TPSA) is 63.6 Å². The van der Waals surface area contributed by atoms with Gasteiger partial charge in [0.1, 0.15) is 6.61 Å². The molecule has 0 heterocycles. The van der Waals surface area contributed by atoms with Crippen molar-refractivity contribution in [2.75, 3.05) is 0 Å². The lowest BCUT2D eigenvalue weighted by Gasteiger charge is -2.13. The molecule has 0 bridgehead atoms. The van der Waals surface area contributed by atoms with Crippen molar-refractivity contribution in [2.24, 2.45) is 0 Å². The first-order chi connectivity index (χ1) is 14.5. The van der Waals surface area contributed by atoms with Gasteiger partial charge in [0.2, 0.25) is 0 Å². The van der Waals surface area contributed by atoms with Crippen molar-refractivity contribution in [3.8, 4) is 11.1 Å². The molecule has 0 saturated carbocycles. The molecule has 1 aliphatic carbocycles. The van der Waals surface area contributed by atoms with Crippen LogP contribution < -0.4 is 0 Å². The molecule has 0 saturated heterocycles. The number of hydrogen-bond donors (Lipinski definition) is 1. The van der Waals surface area contributed by atoms with Crippen LogP contribution in [-0.2, 0) is 20.9 Å². The molecule has 0 aliphatic heterocycles. The second kappa shape index (κ2) is 9.52. The van der Waals surface area contributed by atoms with Gasteiger partial charge in [-0.3, -0.25) is 0 Å². The Morgan fingerprint density at radius 2 is 1.37 bits per heavy atom. The van der Waals surface area contributed by atoms with E-state index in [1.54, 1.807) is 0 Å². The molecule has 150 valence electrons. The van der Waals surface area contributed by atoms with Gasteiger partial charge in [0.25, 0.3) is 0 Å². The number of hydrogen-bond acceptors (Lipinski definition) is 3. The first-order valence-corrected chi connectivity index (χ1v) is 9.46. The number of carbonyl (C=O) groups excluding carboxylic acids is 1. The van der Waals surface area contributed by atoms with Gasteiger partial charge in [-0.1, -0.05) is 92.0 Å². The van der Waals surface area contributed by atoms with E-state index >= 15 is 0 Å². The highest BCUT2D eigenvalue weighted by atomic mass is 16.5. The Labute approximate surface area is 175 Å². The number of esters is 1. The maximum atomic E-state index is 11.2. The molecule has 0 unspecified atom stereocenters. The van der Waals surface area contributed by atoms with Gasteiger partial charge < -0.3 is 9.84 Å². The fraction of sp³-hybridized carbons (Fsp3) is 0.0769. The Kier molecular flexibility index (Phi) is 6.60. The van der Waals surface area contributed by atoms with Crippen molar-refractivity contribution in [3.05, 3.63) is 120 Å². The Morgan fingerprint density at radius 3 is 1.87 bits per heavy atom. The molecule has 0 aromatic heterocycles. The maximum Gasteiger partial charge on any atom is 0.331 e. The van der Waals surface area contributed by atoms with E-state index in [2.05, 4.69) is 13.2 Å². The molecule has 30 heavy (non-hydrogen) atoms. The minimum atomic E-state index is -0.938. The van der Waals surface area contributed by atoms with Crippen molar-refractivity contribution in [1.29, 1.82) is 0 Å². The van der Waals surface area contributed by atoms with E-state index in [1.165, 1.54) is 0 Å². The van der Waals surface area contributed by atoms with E-state index < -0.39 is 5.97 Å². The van der Waals surface area contributed by atoms with Crippen LogP contribution in [0.4, 0.5) is 0 Å². The van der Waals surface area contributed by atoms with E-state index in [4.69, 9.17) is 4.74 Å². The molecule has 0 fully saturated rings. The van der Waals surface area contributed by atoms with Gasteiger partial charge in [-0.15, -0.1) is 0 Å². The molecule has 4 heteroatoms. The Morgan fingerprint density at radius 1 is 0.867 bits per heavy atom. The monoisotopic (exact) mass is 398 g/mol. The number of benzene rings is 3. The zero-order valence-electron chi connectivity index (χ0n) is 16.5. The van der Waals surface area contributed by atoms with Gasteiger partial charge in [-0.2, -0.15) is 0 Å². The largest absolute Gasteiger partial charge is 0.478 e. The van der Waals surface area contributed by atoms with Crippen LogP contribution in [0.5, 0.6) is 0 Å². The van der Waals surface area contributed by atoms with Crippen molar-refractivity contribution >= 4 is 11.9 Å². The van der Waals surface area contributed by atoms with Gasteiger partial charge in [0.05, 0.1) is 0 Å². The number of rotatable bonds is 5. The smallest absolute Gasteiger partial charge is 0.331 e. The van der Waals surface area contributed by atoms with Crippen molar-refractivity contribution in [2.45, 2.75) is 12.5 Å². The predicted octanol–water partition coefficient (Wildman–Crippen LogP) is 5.36. The van der Waals surface area contributed by atoms with E-state index in [9.17, 15) is 14.7 Å². The minimum Gasteiger partial charge on any atom is -0.478 e. The Balaban J connectivity index is 0.000000187. The lowest BCUT2D eigenvalue weighted by molar-refractivity contribution is -0.139. The predicted molar refractivity (Wildman–Crippen MR) is 117 cm³/mol. The molecule has 0 amide bonds. The Hall–Kier alpha value is -3.92. The Bertz CT molecular complexity index is 1040. The molecule has 1 aliphatic rings. The molecule has 3 aromatic rings. The normalized spacial score (nSPS) is 11.3. The number of aliphatic carboxylic acids is 1. The number of ether oxygens (including phenoxy) is 1. The molecule has 0 atom stereocenters. The third-order valence-electron chi connectivity index (χ3n) is 4.85. The lowest BCUT2D eigenvalue weighted by Crippen LogP contribution is -2.09. The van der Waals surface area contributed by atoms with Crippen molar-refractivity contribution < 1.29 is 19.4 Å². The average molecular weight is 398 g/mol. The number of carboxylic acid groups (broad SMARTS) is 1. The van der Waals surface area contributed by atoms with Gasteiger partial charge in [0.15, 0.2) is 0 Å². The van der Waals surface area contributed by atoms with Gasteiger partial charge in [0, 0.05) is 17.6 Å². The second-order valence-electron chi connectivity index (χ2n) is 6.74. The van der Waals surface area contributed by atoms with Crippen molar-refractivity contribution in [1.82, 2.24) is 0 Å². The van der Waals surface area contributed by atoms with E-state index in [-0.39, 0.29) is 17.5 Å². The van der Waals surface area contributed by atoms with Crippen LogP contribution in [0, 0.1) is 0 Å². The highest BCUT2D eigenvalue weighted by Gasteiger charge is 2.32. The number of fused-ring (bicyclic) bond motifs is 3. The highest BCUT2D eigenvalue weighted by Crippen LogP contribution is 2.47. The molecule has 4 nitrogen and oxygen atoms in total. The number of carbonyl (C=O) groups is 2. The zero-order chi connectivity index (χ0) is 21.5. The first-order valence-electron chi connectivity index (χ1n) is 9.46. The zero-order valence-corrected chi connectivity index (χ0v) is 16.5. The fourth-order valence-electron chi connectivity index (χ4n) is 3.44. The molecule has 1 N–H and O–H groups in total. The molecule has 4 rings (SSSR count). The molecular weight excluding hydrogens is 376 g/mol. The van der Waals surface area contributed by atoms with Gasteiger partial charge in [-0.25, -0.2) is 9.59 Å². The minimum absolute atomic E-state index is 0.227. The van der Waals surface area contributed by atoms with Gasteiger partial charge >= 0.3 is 11.9 Å². The molecule has 0 radical (unpaired) electrons. The summed E-state index contributed by atoms with van der Waals surface area (Å²) in [5.74, 6) is -1.56. The maximum absolute atomic E-state index is 11.2. The quantitative estimate of drug-likeness (QED) is 0.464. The second-order valence-corrected chi connectivity index (χ2v) is 6.74. The summed E-state index contributed by atoms with van der Waals surface area (Å²) in [6, 6.07) is 25.4. The van der Waals surface area contributed by atoms with E-state index in [0.29, 0.717) is 6.61 Å². The average Bonchev–Trinajstić information content (AvgIpc) is 3.12. The first kappa shape index (κ1) is 20.8. The SMILES string of the molecule is C=C(C(=O)O)C1c2ccccc2-c2ccccc21.C=CC(=O)OCc1ccccc1. The summed E-state index contributed by atoms with van der Waals surface area (Å²) >= 11 is 0. The molecule has 3 aromatic carbocycles. The summed E-state index contributed by atoms with van der Waals surface area (Å²) < 4.78 is 4.82. The summed E-state index contributed by atoms with van der Waals surface area (Å²) in [5.41, 5.74) is 5.50. The van der Waals surface area contributed by atoms with Crippen LogP contribution in [0.1, 0.15) is 22.6 Å². The lowest BCUT2D eigenvalue weighted by atomic mass is 9.90. The third-order valence-corrected chi connectivity index (χ3v) is 4.85.